The van der Waals surface area contributed by atoms with E-state index in [4.69, 9.17) is 9.05 Å². The third-order valence-corrected chi connectivity index (χ3v) is 12.9. The molecule has 0 aliphatic rings. The second kappa shape index (κ2) is 51.8. The van der Waals surface area contributed by atoms with Crippen LogP contribution in [0.25, 0.3) is 0 Å². The molecule has 9 heteroatoms. The molecule has 0 bridgehead atoms. The molecular formula is C62H107N2O6P. The molecule has 0 aromatic heterocycles. The lowest BCUT2D eigenvalue weighted by molar-refractivity contribution is -0.870. The molecule has 0 saturated heterocycles. The summed E-state index contributed by atoms with van der Waals surface area (Å²) in [5.74, 6) is -0.217. The molecule has 0 aromatic carbocycles. The molecule has 0 fully saturated rings. The van der Waals surface area contributed by atoms with Gasteiger partial charge >= 0.3 is 0 Å². The maximum absolute atomic E-state index is 12.9. The van der Waals surface area contributed by atoms with E-state index in [1.54, 1.807) is 6.08 Å². The van der Waals surface area contributed by atoms with Crippen molar-refractivity contribution in [2.75, 3.05) is 40.9 Å². The van der Waals surface area contributed by atoms with Crippen molar-refractivity contribution in [2.45, 2.75) is 225 Å². The number of phosphoric ester groups is 1. The van der Waals surface area contributed by atoms with Gasteiger partial charge in [0, 0.05) is 6.42 Å². The fraction of sp³-hybridized carbons (Fsp3) is 0.661. The van der Waals surface area contributed by atoms with Gasteiger partial charge < -0.3 is 28.8 Å². The maximum Gasteiger partial charge on any atom is 0.268 e. The van der Waals surface area contributed by atoms with Crippen LogP contribution in [0.4, 0.5) is 0 Å². The molecule has 71 heavy (non-hydrogen) atoms. The van der Waals surface area contributed by atoms with Gasteiger partial charge in [0.15, 0.2) is 0 Å². The number of hydrogen-bond donors (Lipinski definition) is 2. The van der Waals surface area contributed by atoms with Crippen molar-refractivity contribution in [2.24, 2.45) is 0 Å². The summed E-state index contributed by atoms with van der Waals surface area (Å²) in [6, 6.07) is -0.913. The van der Waals surface area contributed by atoms with Crippen LogP contribution in [0.2, 0.25) is 0 Å². The SMILES string of the molecule is CC/C=C\C/C=C\C/C=C\C/C=C\C/C=C\C/C=C\C/C=C\CCCCCCCCCCCCCCCCCCCC(=O)NC(COP(=O)([O-])OCC[N+](C)(C)C)C(O)/C=C/CC/C=C/CC/C=C/CC. The number of allylic oxidation sites excluding steroid dienone is 19. The Balaban J connectivity index is 3.96. The third kappa shape index (κ3) is 54.5. The van der Waals surface area contributed by atoms with Crippen molar-refractivity contribution in [3.8, 4) is 0 Å². The summed E-state index contributed by atoms with van der Waals surface area (Å²) in [4.78, 5) is 25.4. The predicted octanol–water partition coefficient (Wildman–Crippen LogP) is 16.7. The zero-order chi connectivity index (χ0) is 52.0. The smallest absolute Gasteiger partial charge is 0.268 e. The molecule has 0 spiro atoms. The van der Waals surface area contributed by atoms with Gasteiger partial charge in [-0.2, -0.15) is 0 Å². The first-order valence-corrected chi connectivity index (χ1v) is 29.9. The lowest BCUT2D eigenvalue weighted by Gasteiger charge is -2.29. The summed E-state index contributed by atoms with van der Waals surface area (Å²) in [6.45, 7) is 4.36. The minimum atomic E-state index is -4.60. The Morgan fingerprint density at radius 1 is 0.493 bits per heavy atom. The molecular weight excluding hydrogens is 900 g/mol. The summed E-state index contributed by atoms with van der Waals surface area (Å²) in [6.07, 6.45) is 77.4. The number of aliphatic hydroxyl groups is 1. The summed E-state index contributed by atoms with van der Waals surface area (Å²) in [7, 11) is 1.22. The standard InChI is InChI=1S/C62H107N2O6P/c1-6-8-10-12-14-16-18-19-20-21-22-23-24-25-26-27-28-29-30-31-32-33-34-35-36-37-38-39-40-41-42-43-44-45-46-48-50-52-54-56-62(66)63-60(59-70-71(67,68)69-58-57-64(3,4)5)61(65)55-53-51-49-47-17-15-13-11-9-7-2/h8-11,14,16-17,19-20,22-23,25-26,28-29,31-32,47,53,55,60-61,65H,6-7,12-13,15,18,21,24,27,30,33-46,48-52,54,56-59H2,1-5H3,(H-,63,66,67,68)/b10-8-,11-9+,16-14-,20-19-,23-22-,26-25-,29-28-,32-31-,47-17+,55-53+. The molecule has 8 nitrogen and oxygen atoms in total. The number of carbonyl (C=O) groups is 1. The minimum absolute atomic E-state index is 0.0134. The molecule has 0 rings (SSSR count). The van der Waals surface area contributed by atoms with Crippen LogP contribution in [0.5, 0.6) is 0 Å². The van der Waals surface area contributed by atoms with E-state index in [0.717, 1.165) is 96.3 Å². The summed E-state index contributed by atoms with van der Waals surface area (Å²) in [5.41, 5.74) is 0. The van der Waals surface area contributed by atoms with Crippen molar-refractivity contribution in [1.82, 2.24) is 5.32 Å². The van der Waals surface area contributed by atoms with E-state index in [0.29, 0.717) is 17.4 Å². The topological polar surface area (TPSA) is 108 Å². The maximum atomic E-state index is 12.9. The highest BCUT2D eigenvalue weighted by atomic mass is 31.2. The van der Waals surface area contributed by atoms with Crippen LogP contribution in [-0.2, 0) is 18.4 Å². The third-order valence-electron chi connectivity index (χ3n) is 11.9. The Bertz CT molecular complexity index is 1560. The number of rotatable bonds is 50. The Labute approximate surface area is 437 Å². The van der Waals surface area contributed by atoms with E-state index in [2.05, 4.69) is 129 Å². The molecule has 0 saturated carbocycles. The van der Waals surface area contributed by atoms with Crippen molar-refractivity contribution >= 4 is 13.7 Å². The Morgan fingerprint density at radius 2 is 0.831 bits per heavy atom. The lowest BCUT2D eigenvalue weighted by Crippen LogP contribution is -2.45. The average molecular weight is 1010 g/mol. The van der Waals surface area contributed by atoms with E-state index in [1.807, 2.05) is 27.2 Å². The summed E-state index contributed by atoms with van der Waals surface area (Å²) >= 11 is 0. The molecule has 3 unspecified atom stereocenters. The van der Waals surface area contributed by atoms with Crippen LogP contribution in [-0.4, -0.2) is 68.5 Å². The normalized spacial score (nSPS) is 14.9. The molecule has 0 aliphatic carbocycles. The molecule has 3 atom stereocenters. The minimum Gasteiger partial charge on any atom is -0.756 e. The molecule has 0 aromatic rings. The van der Waals surface area contributed by atoms with Crippen LogP contribution in [0.15, 0.2) is 122 Å². The largest absolute Gasteiger partial charge is 0.756 e. The lowest BCUT2D eigenvalue weighted by atomic mass is 10.0. The Hall–Kier alpha value is -3.10. The Kier molecular flexibility index (Phi) is 49.5. The second-order valence-electron chi connectivity index (χ2n) is 19.9. The van der Waals surface area contributed by atoms with Crippen LogP contribution >= 0.6 is 7.82 Å². The molecule has 0 radical (unpaired) electrons. The van der Waals surface area contributed by atoms with Gasteiger partial charge in [-0.15, -0.1) is 0 Å². The monoisotopic (exact) mass is 1010 g/mol. The predicted molar refractivity (Wildman–Crippen MR) is 306 cm³/mol. The average Bonchev–Trinajstić information content (AvgIpc) is 3.33. The first-order valence-electron chi connectivity index (χ1n) is 28.4. The molecule has 0 aliphatic heterocycles. The van der Waals surface area contributed by atoms with Crippen LogP contribution in [0.3, 0.4) is 0 Å². The van der Waals surface area contributed by atoms with E-state index >= 15 is 0 Å². The fourth-order valence-corrected chi connectivity index (χ4v) is 8.25. The number of likely N-dealkylation sites (N-methyl/N-ethyl adjacent to an activating group) is 1. The fourth-order valence-electron chi connectivity index (χ4n) is 7.52. The van der Waals surface area contributed by atoms with Gasteiger partial charge in [-0.05, 0) is 96.3 Å². The van der Waals surface area contributed by atoms with Gasteiger partial charge in [-0.25, -0.2) is 0 Å². The molecule has 0 heterocycles. The number of unbranched alkanes of at least 4 members (excludes halogenated alkanes) is 19. The number of aliphatic hydroxyl groups excluding tert-OH is 1. The number of nitrogens with one attached hydrogen (secondary N) is 1. The first kappa shape index (κ1) is 67.9. The number of hydrogen-bond acceptors (Lipinski definition) is 6. The molecule has 2 N–H and O–H groups in total. The zero-order valence-electron chi connectivity index (χ0n) is 46.1. The van der Waals surface area contributed by atoms with Gasteiger partial charge in [0.2, 0.25) is 5.91 Å². The number of amides is 1. The zero-order valence-corrected chi connectivity index (χ0v) is 47.0. The second-order valence-corrected chi connectivity index (χ2v) is 21.3. The van der Waals surface area contributed by atoms with Gasteiger partial charge in [0.1, 0.15) is 13.2 Å². The van der Waals surface area contributed by atoms with E-state index in [-0.39, 0.29) is 12.5 Å². The van der Waals surface area contributed by atoms with E-state index < -0.39 is 26.6 Å². The highest BCUT2D eigenvalue weighted by molar-refractivity contribution is 7.45. The van der Waals surface area contributed by atoms with Crippen molar-refractivity contribution in [3.05, 3.63) is 122 Å². The summed E-state index contributed by atoms with van der Waals surface area (Å²) in [5, 5.41) is 13.7. The van der Waals surface area contributed by atoms with Gasteiger partial charge in [-0.3, -0.25) is 9.36 Å². The number of carbonyl (C=O) groups excluding carboxylic acids is 1. The Morgan fingerprint density at radius 3 is 1.25 bits per heavy atom. The summed E-state index contributed by atoms with van der Waals surface area (Å²) < 4.78 is 23.2. The van der Waals surface area contributed by atoms with E-state index in [9.17, 15) is 19.4 Å². The van der Waals surface area contributed by atoms with Gasteiger partial charge in [0.25, 0.3) is 7.82 Å². The van der Waals surface area contributed by atoms with Gasteiger partial charge in [-0.1, -0.05) is 232 Å². The van der Waals surface area contributed by atoms with Gasteiger partial charge in [0.05, 0.1) is 39.9 Å². The van der Waals surface area contributed by atoms with Crippen LogP contribution < -0.4 is 10.2 Å². The molecule has 406 valence electrons. The first-order chi connectivity index (χ1) is 34.5. The highest BCUT2D eigenvalue weighted by Gasteiger charge is 2.23. The quantitative estimate of drug-likeness (QED) is 0.0272. The van der Waals surface area contributed by atoms with Crippen molar-refractivity contribution in [1.29, 1.82) is 0 Å². The van der Waals surface area contributed by atoms with Crippen LogP contribution in [0, 0.1) is 0 Å². The molecule has 1 amide bonds. The van der Waals surface area contributed by atoms with Crippen molar-refractivity contribution in [3.63, 3.8) is 0 Å². The van der Waals surface area contributed by atoms with Crippen molar-refractivity contribution < 1.29 is 32.9 Å². The van der Waals surface area contributed by atoms with Crippen LogP contribution in [0.1, 0.15) is 213 Å². The number of phosphoric acid groups is 1. The highest BCUT2D eigenvalue weighted by Crippen LogP contribution is 2.38. The van der Waals surface area contributed by atoms with E-state index in [1.165, 1.54) is 96.3 Å². The number of quaternary nitrogens is 1. The number of nitrogens with zero attached hydrogens (tertiary/aromatic N) is 1.